The summed E-state index contributed by atoms with van der Waals surface area (Å²) in [6.07, 6.45) is -1.18. The summed E-state index contributed by atoms with van der Waals surface area (Å²) >= 11 is 0. The number of nitrogens with zero attached hydrogens (tertiary/aromatic N) is 4. The first-order valence-electron chi connectivity index (χ1n) is 46.0. The van der Waals surface area contributed by atoms with E-state index in [0.29, 0.717) is 89.7 Å². The van der Waals surface area contributed by atoms with Crippen LogP contribution in [0.25, 0.3) is 133 Å². The molecule has 8 aromatic carbocycles. The topological polar surface area (TPSA) is 202 Å². The number of para-hydroxylation sites is 3. The van der Waals surface area contributed by atoms with E-state index in [1.54, 1.807) is 90.3 Å². The molecule has 0 amide bonds. The smallest absolute Gasteiger partial charge is 0.485 e. The van der Waals surface area contributed by atoms with Crippen LogP contribution < -0.4 is 0 Å². The number of alkyl halides is 3. The van der Waals surface area contributed by atoms with Crippen molar-refractivity contribution in [3.63, 3.8) is 0 Å². The zero-order chi connectivity index (χ0) is 100. The fourth-order valence-electron chi connectivity index (χ4n) is 12.3. The van der Waals surface area contributed by atoms with Crippen LogP contribution >= 0.6 is 0 Å². The Balaban J connectivity index is 0.000000217. The van der Waals surface area contributed by atoms with Crippen molar-refractivity contribution in [1.29, 1.82) is 0 Å². The number of furan rings is 4. The average molecular weight is 1960 g/mol. The third-order valence-electron chi connectivity index (χ3n) is 17.0. The number of halogens is 3. The minimum absolute atomic E-state index is 0. The third-order valence-corrected chi connectivity index (χ3v) is 17.6. The Hall–Kier alpha value is -9.52. The normalized spacial score (nSPS) is 15.3. The molecule has 612 valence electrons. The minimum atomic E-state index is -6.09. The van der Waals surface area contributed by atoms with Gasteiger partial charge in [0.1, 0.15) is 16.7 Å². The molecule has 19 heteroatoms. The Morgan fingerprint density at radius 1 is 0.405 bits per heavy atom. The average Bonchev–Trinajstić information content (AvgIpc) is 1.56. The fraction of sp³-hybridized carbons (Fsp3) is 0.299. The van der Waals surface area contributed by atoms with Gasteiger partial charge in [0.15, 0.2) is 32.5 Å². The van der Waals surface area contributed by atoms with Crippen LogP contribution in [0, 0.1) is 81.1 Å². The summed E-state index contributed by atoms with van der Waals surface area (Å²) in [5.41, 5.74) is 4.72. The molecule has 8 heterocycles. The van der Waals surface area contributed by atoms with Crippen LogP contribution in [0.15, 0.2) is 206 Å². The van der Waals surface area contributed by atoms with Crippen molar-refractivity contribution in [2.24, 2.45) is 21.7 Å². The zero-order valence-electron chi connectivity index (χ0n) is 86.6. The second-order valence-corrected chi connectivity index (χ2v) is 32.1. The van der Waals surface area contributed by atoms with Crippen LogP contribution in [-0.2, 0) is 75.8 Å². The van der Waals surface area contributed by atoms with Gasteiger partial charge in [0.25, 0.3) is 0 Å². The number of hydrogen-bond acceptors (Lipinski definition) is 13. The molecule has 8 aromatic heterocycles. The monoisotopic (exact) mass is 1960 g/mol. The van der Waals surface area contributed by atoms with Gasteiger partial charge < -0.3 is 47.4 Å². The molecule has 0 unspecified atom stereocenters. The molecule has 0 saturated carbocycles. The first-order valence-corrected chi connectivity index (χ1v) is 37.5. The predicted octanol–water partition coefficient (Wildman–Crippen LogP) is 25.5. The molecule has 0 aliphatic heterocycles. The van der Waals surface area contributed by atoms with Crippen molar-refractivity contribution in [1.82, 2.24) is 19.9 Å². The summed E-state index contributed by atoms with van der Waals surface area (Å²) in [5, 5.41) is 21.4. The molecule has 0 fully saturated rings. The number of aliphatic hydroxyl groups is 2. The summed E-state index contributed by atoms with van der Waals surface area (Å²) in [6.45, 7) is 16.1. The third kappa shape index (κ3) is 22.4. The summed E-state index contributed by atoms with van der Waals surface area (Å²) in [4.78, 5) is 17.7. The molecule has 2 N–H and O–H groups in total. The van der Waals surface area contributed by atoms with E-state index in [1.807, 2.05) is 165 Å². The minimum Gasteiger partial charge on any atom is -0.741 e. The first kappa shape index (κ1) is 66.5. The molecule has 116 heavy (non-hydrogen) atoms. The maximum Gasteiger partial charge on any atom is 0.485 e. The molecule has 0 bridgehead atoms. The van der Waals surface area contributed by atoms with Gasteiger partial charge in [-0.05, 0) is 162 Å². The van der Waals surface area contributed by atoms with Gasteiger partial charge in [-0.1, -0.05) is 197 Å². The van der Waals surface area contributed by atoms with Crippen molar-refractivity contribution in [2.45, 2.75) is 155 Å². The Bertz CT molecular complexity index is 6710. The molecule has 0 spiro atoms. The van der Waals surface area contributed by atoms with Crippen LogP contribution in [0.5, 0.6) is 0 Å². The van der Waals surface area contributed by atoms with Gasteiger partial charge in [-0.25, -0.2) is 8.42 Å². The summed E-state index contributed by atoms with van der Waals surface area (Å²) in [7, 11) is -4.09. The van der Waals surface area contributed by atoms with Crippen LogP contribution in [0.3, 0.4) is 0 Å². The summed E-state index contributed by atoms with van der Waals surface area (Å²) < 4.78 is 245. The number of pyridine rings is 4. The van der Waals surface area contributed by atoms with Crippen molar-refractivity contribution in [2.75, 3.05) is 14.2 Å². The van der Waals surface area contributed by atoms with Gasteiger partial charge >= 0.3 is 5.51 Å². The van der Waals surface area contributed by atoms with E-state index in [2.05, 4.69) is 38.1 Å². The number of aryl methyl sites for hydroxylation is 6. The maximum atomic E-state index is 10.7. The zero-order valence-corrected chi connectivity index (χ0v) is 72.3. The molecule has 16 rings (SSSR count). The van der Waals surface area contributed by atoms with Crippen LogP contribution in [0.2, 0.25) is 0 Å². The van der Waals surface area contributed by atoms with E-state index in [1.165, 1.54) is 30.6 Å². The van der Waals surface area contributed by atoms with E-state index < -0.39 is 90.2 Å². The number of aliphatic hydroxyl groups excluding tert-OH is 2. The molecule has 0 aliphatic rings. The Kier molecular flexibility index (Phi) is 21.7. The molecule has 13 nitrogen and oxygen atoms in total. The van der Waals surface area contributed by atoms with Crippen molar-refractivity contribution in [3.8, 4) is 45.0 Å². The van der Waals surface area contributed by atoms with Gasteiger partial charge in [0, 0.05) is 150 Å². The van der Waals surface area contributed by atoms with Gasteiger partial charge in [0.2, 0.25) is 0 Å². The molecule has 0 saturated heterocycles. The van der Waals surface area contributed by atoms with Crippen LogP contribution in [0.1, 0.15) is 166 Å². The van der Waals surface area contributed by atoms with Crippen molar-refractivity contribution >= 4 is 97.9 Å². The maximum absolute atomic E-state index is 10.7. The van der Waals surface area contributed by atoms with Gasteiger partial charge in [-0.2, -0.15) is 13.2 Å². The van der Waals surface area contributed by atoms with E-state index in [9.17, 15) is 13.2 Å². The summed E-state index contributed by atoms with van der Waals surface area (Å²) in [6, 6.07) is 58.4. The van der Waals surface area contributed by atoms with E-state index in [-0.39, 0.29) is 73.6 Å². The molecule has 2 radical (unpaired) electrons. The predicted molar refractivity (Wildman–Crippen MR) is 457 cm³/mol. The second-order valence-electron chi connectivity index (χ2n) is 30.7. The molecule has 0 aliphatic carbocycles. The number of rotatable bonds is 8. The van der Waals surface area contributed by atoms with E-state index in [4.69, 9.17) is 68.3 Å². The van der Waals surface area contributed by atoms with Crippen LogP contribution in [-0.4, -0.2) is 62.8 Å². The number of aromatic nitrogens is 4. The first-order chi connectivity index (χ1) is 61.7. The van der Waals surface area contributed by atoms with Gasteiger partial charge in [-0.15, -0.1) is 89.0 Å². The van der Waals surface area contributed by atoms with Gasteiger partial charge in [-0.3, -0.25) is 4.98 Å². The number of benzene rings is 8. The quantitative estimate of drug-likeness (QED) is 0.0827. The van der Waals surface area contributed by atoms with Crippen LogP contribution in [0.4, 0.5) is 13.2 Å². The number of hydrogen-bond donors (Lipinski definition) is 2. The van der Waals surface area contributed by atoms with E-state index >= 15 is 0 Å². The standard InChI is InChI=1S/C29H25NO2.C29H24NO2.2C18H22N.CHF3O3S.2CH4O.2Ir/c2*1-17-16-30-24(14-18(17)15-29(2,3)4)23-10-7-9-20-22-13-12-21-19-8-5-6-11-25(19)31-27(21)28(22)32-26(20)23;2*1-13-6-8-15(9-7-13)17-10-14(2)16(12-19-17)11-18(3,4)5;2-1(3,4)8(5,6)7;2*1-2;;/h5-14,16H,15H2,1-4H3;5-9,11-14,16H,15H2,1-4H3;2*6-8,10,12H,11H2,1-5H3;(H,5,6,7);2*2H,1H3;;/q;3*-1;;;;;/p-1/i2*1D3,15D2;2*1D3,11D2;;;;;. The molecule has 0 atom stereocenters. The summed E-state index contributed by atoms with van der Waals surface area (Å²) in [5.74, 6) is 0. The van der Waals surface area contributed by atoms with Crippen molar-refractivity contribution in [3.05, 3.63) is 262 Å². The Labute approximate surface area is 734 Å². The fourth-order valence-corrected chi connectivity index (χ4v) is 12.3. The molecular weight excluding hydrogens is 1840 g/mol. The number of fused-ring (bicyclic) bond motifs is 14. The molecule has 16 aromatic rings. The Morgan fingerprint density at radius 3 is 1.16 bits per heavy atom. The Morgan fingerprint density at radius 2 is 0.767 bits per heavy atom. The largest absolute Gasteiger partial charge is 0.741 e. The van der Waals surface area contributed by atoms with Crippen molar-refractivity contribution < 1.29 is 122 Å². The second kappa shape index (κ2) is 37.8. The van der Waals surface area contributed by atoms with E-state index in [0.717, 1.165) is 79.6 Å². The van der Waals surface area contributed by atoms with Gasteiger partial charge in [0.05, 0.1) is 11.3 Å². The SMILES string of the molecule is CO.CO.O=S(=O)([O-])C(F)(F)F.[2H]C([2H])([2H])c1c[c-]c(-c2cc(C)c(C([2H])([2H])C(C)(C)C)cn2)cc1.[2H]C([2H])([2H])c1c[c-]c(-c2cc(C)c(C([2H])([2H])C(C)(C)C)cn2)cc1.[2H]C([2H])([2H])c1cnc(-c2[c-]ccc3c2oc2c3ccc3c4ccccc4oc32)cc1C([2H])([2H])C(C)(C)C.[2H]C([2H])([2H])c1cnc(-c2cccc3c2oc2c3ccc3c4ccccc4oc32)cc1C([2H])([2H])C(C)(C)C.[Ir].[Ir]. The molecular formula is C97H101F3Ir2N4O9S-4.